The number of aromatic amines is 1. The lowest BCUT2D eigenvalue weighted by atomic mass is 10.1. The van der Waals surface area contributed by atoms with Crippen molar-refractivity contribution in [3.63, 3.8) is 0 Å². The minimum Gasteiger partial charge on any atom is -0.490 e. The highest BCUT2D eigenvalue weighted by molar-refractivity contribution is 5.92. The molecule has 192 valence electrons. The third-order valence-corrected chi connectivity index (χ3v) is 5.22. The van der Waals surface area contributed by atoms with Gasteiger partial charge in [0.2, 0.25) is 5.88 Å². The zero-order valence-electron chi connectivity index (χ0n) is 21.0. The summed E-state index contributed by atoms with van der Waals surface area (Å²) >= 11 is 0. The fourth-order valence-electron chi connectivity index (χ4n) is 3.75. The highest BCUT2D eigenvalue weighted by Gasteiger charge is 2.33. The van der Waals surface area contributed by atoms with Gasteiger partial charge in [-0.15, -0.1) is 0 Å². The van der Waals surface area contributed by atoms with E-state index in [0.29, 0.717) is 39.7 Å². The molecule has 0 aliphatic carbocycles. The number of hydrogen-bond donors (Lipinski definition) is 1. The molecule has 1 aliphatic heterocycles. The molecule has 4 aromatic rings. The SMILES string of the molecule is CC.CC.COc1cc(-c2cnc3[nH]cc(-c4ccc5c(c4)N(CC(F)(F)F)CCO5)c3n2)ccn1. The molecule has 1 N–H and O–H groups in total. The first-order valence-corrected chi connectivity index (χ1v) is 11.8. The van der Waals surface area contributed by atoms with Gasteiger partial charge in [-0.1, -0.05) is 33.8 Å². The third kappa shape index (κ3) is 5.87. The van der Waals surface area contributed by atoms with Crippen LogP contribution in [0.25, 0.3) is 33.5 Å². The average Bonchev–Trinajstić information content (AvgIpc) is 3.33. The van der Waals surface area contributed by atoms with Gasteiger partial charge >= 0.3 is 6.18 Å². The van der Waals surface area contributed by atoms with Crippen molar-refractivity contribution in [2.75, 3.05) is 31.7 Å². The lowest BCUT2D eigenvalue weighted by Gasteiger charge is -2.32. The minimum atomic E-state index is -4.31. The fourth-order valence-corrected chi connectivity index (χ4v) is 3.75. The second-order valence-electron chi connectivity index (χ2n) is 7.31. The standard InChI is InChI=1S/C22H18F3N5O2.2C2H6/c1-31-19-9-14(4-5-26-19)16-11-28-21-20(29-16)15(10-27-21)13-2-3-18-17(8-13)30(6-7-32-18)12-22(23,24)25;2*1-2/h2-5,8-11H,6-7,12H2,1H3,(H,27,28);2*1-2H3. The molecule has 0 unspecified atom stereocenters. The predicted molar refractivity (Wildman–Crippen MR) is 136 cm³/mol. The van der Waals surface area contributed by atoms with Crippen LogP contribution in [0.2, 0.25) is 0 Å². The summed E-state index contributed by atoms with van der Waals surface area (Å²) in [5, 5.41) is 0. The summed E-state index contributed by atoms with van der Waals surface area (Å²) in [7, 11) is 1.53. The highest BCUT2D eigenvalue weighted by atomic mass is 19.4. The number of anilines is 1. The normalized spacial score (nSPS) is 12.5. The Balaban J connectivity index is 0.000000861. The average molecular weight is 502 g/mol. The summed E-state index contributed by atoms with van der Waals surface area (Å²) in [6.07, 6.45) is 0.707. The van der Waals surface area contributed by atoms with Gasteiger partial charge in [0.05, 0.1) is 31.2 Å². The maximum Gasteiger partial charge on any atom is 0.405 e. The topological polar surface area (TPSA) is 76.2 Å². The zero-order valence-corrected chi connectivity index (χ0v) is 21.0. The van der Waals surface area contributed by atoms with E-state index in [1.807, 2.05) is 33.8 Å². The second-order valence-corrected chi connectivity index (χ2v) is 7.31. The van der Waals surface area contributed by atoms with E-state index in [1.165, 1.54) is 12.0 Å². The van der Waals surface area contributed by atoms with Gasteiger partial charge < -0.3 is 19.4 Å². The van der Waals surface area contributed by atoms with Crippen LogP contribution < -0.4 is 14.4 Å². The second kappa shape index (κ2) is 11.7. The number of methoxy groups -OCH3 is 1. The van der Waals surface area contributed by atoms with E-state index in [1.54, 1.807) is 42.9 Å². The van der Waals surface area contributed by atoms with Crippen molar-refractivity contribution in [3.05, 3.63) is 48.9 Å². The van der Waals surface area contributed by atoms with Crippen LogP contribution in [-0.4, -0.2) is 52.9 Å². The first kappa shape index (κ1) is 26.8. The first-order chi connectivity index (χ1) is 17.4. The largest absolute Gasteiger partial charge is 0.490 e. The first-order valence-electron chi connectivity index (χ1n) is 11.8. The molecule has 0 atom stereocenters. The molecule has 0 saturated heterocycles. The van der Waals surface area contributed by atoms with E-state index in [2.05, 4.69) is 15.0 Å². The van der Waals surface area contributed by atoms with Gasteiger partial charge in [0.1, 0.15) is 24.4 Å². The molecular weight excluding hydrogens is 471 g/mol. The molecule has 36 heavy (non-hydrogen) atoms. The summed E-state index contributed by atoms with van der Waals surface area (Å²) in [6.45, 7) is 7.34. The Morgan fingerprint density at radius 3 is 2.56 bits per heavy atom. The van der Waals surface area contributed by atoms with Crippen molar-refractivity contribution in [2.45, 2.75) is 33.9 Å². The van der Waals surface area contributed by atoms with E-state index < -0.39 is 12.7 Å². The number of aromatic nitrogens is 4. The molecule has 3 aromatic heterocycles. The van der Waals surface area contributed by atoms with E-state index in [-0.39, 0.29) is 13.2 Å². The fraction of sp³-hybridized carbons (Fsp3) is 0.346. The number of benzene rings is 1. The van der Waals surface area contributed by atoms with E-state index in [9.17, 15) is 13.2 Å². The number of hydrogen-bond acceptors (Lipinski definition) is 6. The van der Waals surface area contributed by atoms with Crippen molar-refractivity contribution in [2.24, 2.45) is 0 Å². The maximum atomic E-state index is 13.1. The smallest absolute Gasteiger partial charge is 0.405 e. The molecule has 5 rings (SSSR count). The number of alkyl halides is 3. The third-order valence-electron chi connectivity index (χ3n) is 5.22. The Morgan fingerprint density at radius 2 is 1.83 bits per heavy atom. The molecule has 0 saturated carbocycles. The van der Waals surface area contributed by atoms with Crippen molar-refractivity contribution in [1.29, 1.82) is 0 Å². The Kier molecular flexibility index (Phi) is 8.73. The van der Waals surface area contributed by atoms with E-state index in [0.717, 1.165) is 11.1 Å². The number of fused-ring (bicyclic) bond motifs is 2. The molecule has 1 aliphatic rings. The molecule has 0 amide bonds. The molecule has 4 heterocycles. The molecule has 1 aromatic carbocycles. The summed E-state index contributed by atoms with van der Waals surface area (Å²) in [5.74, 6) is 0.887. The number of rotatable bonds is 4. The Labute approximate surface area is 208 Å². The zero-order chi connectivity index (χ0) is 26.3. The van der Waals surface area contributed by atoms with Crippen LogP contribution in [0.5, 0.6) is 11.6 Å². The molecular formula is C26H30F3N5O2. The van der Waals surface area contributed by atoms with Gasteiger partial charge in [-0.2, -0.15) is 13.2 Å². The summed E-state index contributed by atoms with van der Waals surface area (Å²) in [6, 6.07) is 8.76. The Morgan fingerprint density at radius 1 is 1.06 bits per heavy atom. The van der Waals surface area contributed by atoms with Crippen molar-refractivity contribution in [1.82, 2.24) is 19.9 Å². The number of nitrogens with zero attached hydrogens (tertiary/aromatic N) is 4. The number of pyridine rings is 1. The number of ether oxygens (including phenoxy) is 2. The summed E-state index contributed by atoms with van der Waals surface area (Å²) < 4.78 is 49.9. The highest BCUT2D eigenvalue weighted by Crippen LogP contribution is 2.38. The maximum absolute atomic E-state index is 13.1. The van der Waals surface area contributed by atoms with Crippen LogP contribution in [0.15, 0.2) is 48.9 Å². The molecule has 7 nitrogen and oxygen atoms in total. The number of H-pyrrole nitrogens is 1. The molecule has 0 fully saturated rings. The summed E-state index contributed by atoms with van der Waals surface area (Å²) in [5.41, 5.74) is 4.45. The van der Waals surface area contributed by atoms with Gasteiger partial charge in [-0.25, -0.2) is 15.0 Å². The van der Waals surface area contributed by atoms with Crippen LogP contribution >= 0.6 is 0 Å². The van der Waals surface area contributed by atoms with Gasteiger partial charge in [-0.05, 0) is 23.8 Å². The van der Waals surface area contributed by atoms with Gasteiger partial charge in [0, 0.05) is 29.6 Å². The molecule has 10 heteroatoms. The van der Waals surface area contributed by atoms with Crippen LogP contribution in [0, 0.1) is 0 Å². The van der Waals surface area contributed by atoms with Gasteiger partial charge in [0.15, 0.2) is 5.65 Å². The van der Waals surface area contributed by atoms with Crippen LogP contribution in [0.1, 0.15) is 27.7 Å². The van der Waals surface area contributed by atoms with Gasteiger partial charge in [0.25, 0.3) is 0 Å². The molecule has 0 bridgehead atoms. The van der Waals surface area contributed by atoms with Crippen molar-refractivity contribution < 1.29 is 22.6 Å². The Bertz CT molecular complexity index is 1290. The van der Waals surface area contributed by atoms with Crippen LogP contribution in [-0.2, 0) is 0 Å². The summed E-state index contributed by atoms with van der Waals surface area (Å²) in [4.78, 5) is 17.7. The quantitative estimate of drug-likeness (QED) is 0.344. The Hall–Kier alpha value is -3.82. The molecule has 0 spiro atoms. The number of halogens is 3. The lowest BCUT2D eigenvalue weighted by Crippen LogP contribution is -2.39. The minimum absolute atomic E-state index is 0.164. The predicted octanol–water partition coefficient (Wildman–Crippen LogP) is 6.51. The number of nitrogens with one attached hydrogen (secondary N) is 1. The van der Waals surface area contributed by atoms with Gasteiger partial charge in [-0.3, -0.25) is 0 Å². The lowest BCUT2D eigenvalue weighted by molar-refractivity contribution is -0.120. The van der Waals surface area contributed by atoms with Crippen molar-refractivity contribution >= 4 is 16.9 Å². The monoisotopic (exact) mass is 501 g/mol. The van der Waals surface area contributed by atoms with Crippen LogP contribution in [0.3, 0.4) is 0 Å². The van der Waals surface area contributed by atoms with Crippen LogP contribution in [0.4, 0.5) is 18.9 Å². The van der Waals surface area contributed by atoms with E-state index >= 15 is 0 Å². The van der Waals surface area contributed by atoms with Crippen molar-refractivity contribution in [3.8, 4) is 34.0 Å². The van der Waals surface area contributed by atoms with E-state index in [4.69, 9.17) is 14.5 Å². The molecule has 0 radical (unpaired) electrons.